The first kappa shape index (κ1) is 32.5. The van der Waals surface area contributed by atoms with E-state index < -0.39 is 49.2 Å². The summed E-state index contributed by atoms with van der Waals surface area (Å²) in [6, 6.07) is 0. The predicted molar refractivity (Wildman–Crippen MR) is 103 cm³/mol. The van der Waals surface area contributed by atoms with Gasteiger partial charge in [0, 0.05) is 0 Å². The van der Waals surface area contributed by atoms with Crippen LogP contribution in [-0.4, -0.2) is 60.4 Å². The molecule has 0 saturated heterocycles. The van der Waals surface area contributed by atoms with E-state index in [-0.39, 0.29) is 37.7 Å². The Morgan fingerprint density at radius 1 is 0.455 bits per heavy atom. The molecular formula is C19H30F13P. The Labute approximate surface area is 185 Å². The number of hydrogen-bond acceptors (Lipinski definition) is 0. The molecule has 0 N–H and O–H groups in total. The van der Waals surface area contributed by atoms with Gasteiger partial charge in [-0.3, -0.25) is 0 Å². The predicted octanol–water partition coefficient (Wildman–Crippen LogP) is 8.88. The standard InChI is InChI=1S/C19H30F13P/c1-4-7-10-33(11-8-5-2,12-9-6-3)13-14(20,21)15(22,23)16(24,25)17(26,27)18(28,29)19(30,31)32/h33H,4-13H2,1-3H3. The molecule has 0 atom stereocenters. The number of alkyl halides is 13. The Hall–Kier alpha value is -0.480. The summed E-state index contributed by atoms with van der Waals surface area (Å²) in [6.07, 6.45) is -7.27. The normalized spacial score (nSPS) is 15.8. The molecule has 0 nitrogen and oxygen atoms in total. The Morgan fingerprint density at radius 3 is 1.03 bits per heavy atom. The van der Waals surface area contributed by atoms with Crippen molar-refractivity contribution >= 4 is 7.26 Å². The summed E-state index contributed by atoms with van der Waals surface area (Å²) in [5, 5.41) is 0. The van der Waals surface area contributed by atoms with Crippen molar-refractivity contribution in [3.63, 3.8) is 0 Å². The van der Waals surface area contributed by atoms with Crippen LogP contribution in [0.15, 0.2) is 0 Å². The molecule has 0 aliphatic heterocycles. The van der Waals surface area contributed by atoms with Gasteiger partial charge >= 0.3 is 184 Å². The van der Waals surface area contributed by atoms with Crippen molar-refractivity contribution in [1.82, 2.24) is 0 Å². The van der Waals surface area contributed by atoms with Gasteiger partial charge in [0.25, 0.3) is 0 Å². The third kappa shape index (κ3) is 6.40. The fourth-order valence-corrected chi connectivity index (χ4v) is 9.43. The molecule has 0 aliphatic carbocycles. The van der Waals surface area contributed by atoms with Gasteiger partial charge in [-0.05, 0) is 0 Å². The molecule has 0 fully saturated rings. The van der Waals surface area contributed by atoms with Gasteiger partial charge in [0.1, 0.15) is 0 Å². The second-order valence-corrected chi connectivity index (χ2v) is 13.3. The SMILES string of the molecule is CCCC[PH](CCCC)(CCCC)CC(F)(F)C(F)(F)C(F)(F)C(F)(F)C(F)(F)C(F)(F)F. The first-order valence-electron chi connectivity index (χ1n) is 10.6. The molecule has 0 bridgehead atoms. The van der Waals surface area contributed by atoms with Gasteiger partial charge in [-0.25, -0.2) is 0 Å². The molecule has 0 heterocycles. The number of hydrogen-bond donors (Lipinski definition) is 0. The first-order chi connectivity index (χ1) is 14.6. The third-order valence-corrected chi connectivity index (χ3v) is 11.2. The van der Waals surface area contributed by atoms with Crippen LogP contribution in [0.4, 0.5) is 57.1 Å². The quantitative estimate of drug-likeness (QED) is 0.145. The van der Waals surface area contributed by atoms with Gasteiger partial charge in [-0.1, -0.05) is 0 Å². The number of unbranched alkanes of at least 4 members (excludes halogenated alkanes) is 3. The molecule has 202 valence electrons. The second-order valence-electron chi connectivity index (χ2n) is 8.49. The van der Waals surface area contributed by atoms with Crippen molar-refractivity contribution in [3.8, 4) is 0 Å². The van der Waals surface area contributed by atoms with E-state index in [4.69, 9.17) is 0 Å². The zero-order chi connectivity index (χ0) is 26.6. The monoisotopic (exact) mass is 536 g/mol. The molecule has 14 heteroatoms. The van der Waals surface area contributed by atoms with E-state index in [1.54, 1.807) is 20.8 Å². The van der Waals surface area contributed by atoms with Crippen LogP contribution in [0.1, 0.15) is 59.3 Å². The molecule has 0 saturated carbocycles. The summed E-state index contributed by atoms with van der Waals surface area (Å²) in [6.45, 7) is 4.96. The molecule has 0 aromatic rings. The Balaban J connectivity index is 6.46. The Kier molecular flexibility index (Phi) is 10.9. The van der Waals surface area contributed by atoms with E-state index in [2.05, 4.69) is 0 Å². The summed E-state index contributed by atoms with van der Waals surface area (Å²) in [4.78, 5) is 0. The van der Waals surface area contributed by atoms with E-state index in [0.29, 0.717) is 19.3 Å². The van der Waals surface area contributed by atoms with Crippen LogP contribution < -0.4 is 0 Å². The third-order valence-electron chi connectivity index (χ3n) is 5.78. The van der Waals surface area contributed by atoms with E-state index >= 15 is 0 Å². The van der Waals surface area contributed by atoms with Crippen molar-refractivity contribution < 1.29 is 57.1 Å². The van der Waals surface area contributed by atoms with E-state index in [1.165, 1.54) is 0 Å². The summed E-state index contributed by atoms with van der Waals surface area (Å²) >= 11 is 0. The van der Waals surface area contributed by atoms with Crippen molar-refractivity contribution in [2.75, 3.05) is 24.6 Å². The summed E-state index contributed by atoms with van der Waals surface area (Å²) in [5.74, 6) is -36.3. The fraction of sp³-hybridized carbons (Fsp3) is 1.00. The topological polar surface area (TPSA) is 0 Å². The average Bonchev–Trinajstić information content (AvgIpc) is 2.67. The Morgan fingerprint density at radius 2 is 0.758 bits per heavy atom. The zero-order valence-corrected chi connectivity index (χ0v) is 19.5. The van der Waals surface area contributed by atoms with Gasteiger partial charge in [-0.15, -0.1) is 0 Å². The van der Waals surface area contributed by atoms with Gasteiger partial charge in [-0.2, -0.15) is 0 Å². The summed E-state index contributed by atoms with van der Waals surface area (Å²) < 4.78 is 175. The molecule has 33 heavy (non-hydrogen) atoms. The minimum absolute atomic E-state index is 0.0180. The van der Waals surface area contributed by atoms with Crippen molar-refractivity contribution in [3.05, 3.63) is 0 Å². The first-order valence-corrected chi connectivity index (χ1v) is 13.4. The number of halogens is 13. The molecule has 0 aromatic heterocycles. The van der Waals surface area contributed by atoms with Gasteiger partial charge in [0.2, 0.25) is 0 Å². The summed E-state index contributed by atoms with van der Waals surface area (Å²) in [5.41, 5.74) is 0. The Bertz CT molecular complexity index is 577. The number of rotatable bonds is 15. The maximum atomic E-state index is 14.6. The molecule has 0 radical (unpaired) electrons. The van der Waals surface area contributed by atoms with Crippen molar-refractivity contribution in [2.24, 2.45) is 0 Å². The van der Waals surface area contributed by atoms with E-state index in [1.807, 2.05) is 0 Å². The van der Waals surface area contributed by atoms with Crippen LogP contribution >= 0.6 is 7.26 Å². The van der Waals surface area contributed by atoms with Crippen molar-refractivity contribution in [2.45, 2.75) is 95.1 Å². The molecule has 0 spiro atoms. The van der Waals surface area contributed by atoms with Crippen LogP contribution in [0, 0.1) is 0 Å². The maximum absolute atomic E-state index is 14.6. The summed E-state index contributed by atoms with van der Waals surface area (Å²) in [7, 11) is -3.54. The fourth-order valence-electron chi connectivity index (χ4n) is 3.68. The molecule has 0 aliphatic rings. The van der Waals surface area contributed by atoms with Crippen LogP contribution in [0.25, 0.3) is 0 Å². The minimum atomic E-state index is -7.83. The van der Waals surface area contributed by atoms with Gasteiger partial charge in [0.15, 0.2) is 0 Å². The molecular weight excluding hydrogens is 506 g/mol. The van der Waals surface area contributed by atoms with Crippen molar-refractivity contribution in [1.29, 1.82) is 0 Å². The zero-order valence-electron chi connectivity index (χ0n) is 18.5. The van der Waals surface area contributed by atoms with E-state index in [0.717, 1.165) is 0 Å². The van der Waals surface area contributed by atoms with Crippen LogP contribution in [-0.2, 0) is 0 Å². The van der Waals surface area contributed by atoms with Crippen LogP contribution in [0.3, 0.4) is 0 Å². The molecule has 0 rings (SSSR count). The average molecular weight is 536 g/mol. The molecule has 0 aromatic carbocycles. The van der Waals surface area contributed by atoms with Crippen LogP contribution in [0.5, 0.6) is 0 Å². The van der Waals surface area contributed by atoms with E-state index in [9.17, 15) is 57.1 Å². The van der Waals surface area contributed by atoms with Gasteiger partial charge < -0.3 is 0 Å². The van der Waals surface area contributed by atoms with Gasteiger partial charge in [0.05, 0.1) is 0 Å². The molecule has 0 amide bonds. The second kappa shape index (κ2) is 11.1. The molecule has 0 unspecified atom stereocenters. The van der Waals surface area contributed by atoms with Crippen LogP contribution in [0.2, 0.25) is 0 Å².